The Bertz CT molecular complexity index is 653. The van der Waals surface area contributed by atoms with Crippen molar-refractivity contribution in [3.8, 4) is 5.75 Å². The number of phenolic OH excluding ortho intramolecular Hbond substituents is 1. The van der Waals surface area contributed by atoms with Gasteiger partial charge in [0, 0.05) is 13.0 Å². The molecule has 0 spiro atoms. The van der Waals surface area contributed by atoms with Crippen molar-refractivity contribution in [2.24, 2.45) is 5.92 Å². The van der Waals surface area contributed by atoms with Crippen LogP contribution in [-0.4, -0.2) is 30.3 Å². The van der Waals surface area contributed by atoms with Crippen molar-refractivity contribution in [2.45, 2.75) is 39.2 Å². The summed E-state index contributed by atoms with van der Waals surface area (Å²) in [6.45, 7) is 5.43. The van der Waals surface area contributed by atoms with Crippen LogP contribution in [0.4, 0.5) is 0 Å². The monoisotopic (exact) mass is 355 g/mol. The zero-order chi connectivity index (χ0) is 18.8. The number of benzene rings is 2. The van der Waals surface area contributed by atoms with Gasteiger partial charge in [-0.1, -0.05) is 56.3 Å². The van der Waals surface area contributed by atoms with Crippen LogP contribution in [0, 0.1) is 5.92 Å². The molecule has 26 heavy (non-hydrogen) atoms. The van der Waals surface area contributed by atoms with Crippen LogP contribution in [0.5, 0.6) is 5.75 Å². The van der Waals surface area contributed by atoms with Crippen LogP contribution >= 0.6 is 0 Å². The van der Waals surface area contributed by atoms with E-state index in [1.165, 1.54) is 5.56 Å². The van der Waals surface area contributed by atoms with Crippen LogP contribution in [0.15, 0.2) is 54.6 Å². The van der Waals surface area contributed by atoms with E-state index in [-0.39, 0.29) is 17.7 Å². The van der Waals surface area contributed by atoms with Crippen LogP contribution < -0.4 is 5.32 Å². The Balaban J connectivity index is 1.86. The van der Waals surface area contributed by atoms with Crippen LogP contribution in [0.25, 0.3) is 0 Å². The van der Waals surface area contributed by atoms with Crippen LogP contribution in [0.1, 0.15) is 31.4 Å². The van der Waals surface area contributed by atoms with Crippen molar-refractivity contribution < 1.29 is 14.6 Å². The molecule has 0 aliphatic heterocycles. The third-order valence-corrected chi connectivity index (χ3v) is 4.04. The maximum Gasteiger partial charge on any atom is 0.220 e. The molecule has 0 saturated heterocycles. The third kappa shape index (κ3) is 7.70. The van der Waals surface area contributed by atoms with Gasteiger partial charge in [-0.15, -0.1) is 0 Å². The molecule has 0 aromatic heterocycles. The van der Waals surface area contributed by atoms with Gasteiger partial charge in [-0.2, -0.15) is 0 Å². The third-order valence-electron chi connectivity index (χ3n) is 4.04. The van der Waals surface area contributed by atoms with Gasteiger partial charge >= 0.3 is 0 Å². The largest absolute Gasteiger partial charge is 0.508 e. The molecule has 0 fully saturated rings. The number of hydrogen-bond acceptors (Lipinski definition) is 3. The molecule has 4 nitrogen and oxygen atoms in total. The highest BCUT2D eigenvalue weighted by atomic mass is 16.5. The zero-order valence-electron chi connectivity index (χ0n) is 15.7. The normalized spacial score (nSPS) is 12.1. The molecule has 0 aliphatic rings. The molecular formula is C22H29NO3. The number of rotatable bonds is 10. The van der Waals surface area contributed by atoms with Gasteiger partial charge in [0.25, 0.3) is 0 Å². The Labute approximate surface area is 156 Å². The van der Waals surface area contributed by atoms with Gasteiger partial charge in [0.1, 0.15) is 5.75 Å². The lowest BCUT2D eigenvalue weighted by Crippen LogP contribution is -2.40. The molecule has 2 rings (SSSR count). The number of hydrogen-bond donors (Lipinski definition) is 2. The SMILES string of the molecule is CC(C)COCC(Cc1ccccc1)NC(=O)CCc1ccc(O)cc1. The molecule has 1 atom stereocenters. The van der Waals surface area contributed by atoms with Gasteiger partial charge in [-0.25, -0.2) is 0 Å². The topological polar surface area (TPSA) is 58.6 Å². The van der Waals surface area contributed by atoms with Crippen LogP contribution in [-0.2, 0) is 22.4 Å². The average Bonchev–Trinajstić information content (AvgIpc) is 2.62. The minimum Gasteiger partial charge on any atom is -0.508 e. The van der Waals surface area contributed by atoms with E-state index in [0.717, 1.165) is 12.0 Å². The van der Waals surface area contributed by atoms with E-state index in [0.29, 0.717) is 32.0 Å². The molecule has 2 aromatic rings. The van der Waals surface area contributed by atoms with Gasteiger partial charge in [0.2, 0.25) is 5.91 Å². The van der Waals surface area contributed by atoms with E-state index >= 15 is 0 Å². The fraction of sp³-hybridized carbons (Fsp3) is 0.409. The summed E-state index contributed by atoms with van der Waals surface area (Å²) in [7, 11) is 0. The van der Waals surface area contributed by atoms with Gasteiger partial charge in [-0.3, -0.25) is 4.79 Å². The smallest absolute Gasteiger partial charge is 0.220 e. The number of carbonyl (C=O) groups excluding carboxylic acids is 1. The van der Waals surface area contributed by atoms with Crippen LogP contribution in [0.3, 0.4) is 0 Å². The van der Waals surface area contributed by atoms with E-state index in [9.17, 15) is 9.90 Å². The summed E-state index contributed by atoms with van der Waals surface area (Å²) in [6.07, 6.45) is 1.82. The molecule has 0 bridgehead atoms. The molecule has 140 valence electrons. The second-order valence-electron chi connectivity index (χ2n) is 7.05. The first-order valence-corrected chi connectivity index (χ1v) is 9.22. The Morgan fingerprint density at radius 1 is 1.00 bits per heavy atom. The highest BCUT2D eigenvalue weighted by Gasteiger charge is 2.14. The standard InChI is InChI=1S/C22H29NO3/c1-17(2)15-26-16-20(14-19-6-4-3-5-7-19)23-22(25)13-10-18-8-11-21(24)12-9-18/h3-9,11-12,17,20,24H,10,13-16H2,1-2H3,(H,23,25). The Morgan fingerprint density at radius 2 is 1.69 bits per heavy atom. The van der Waals surface area contributed by atoms with Gasteiger partial charge in [0.05, 0.1) is 12.6 Å². The molecule has 1 amide bonds. The van der Waals surface area contributed by atoms with Crippen LogP contribution in [0.2, 0.25) is 0 Å². The number of aryl methyl sites for hydroxylation is 1. The maximum atomic E-state index is 12.4. The molecule has 0 radical (unpaired) electrons. The molecule has 0 aliphatic carbocycles. The highest BCUT2D eigenvalue weighted by Crippen LogP contribution is 2.11. The number of nitrogens with one attached hydrogen (secondary N) is 1. The number of aromatic hydroxyl groups is 1. The number of ether oxygens (including phenoxy) is 1. The molecule has 2 N–H and O–H groups in total. The fourth-order valence-electron chi connectivity index (χ4n) is 2.72. The first-order chi connectivity index (χ1) is 12.5. The van der Waals surface area contributed by atoms with E-state index in [4.69, 9.17) is 4.74 Å². The fourth-order valence-corrected chi connectivity index (χ4v) is 2.72. The minimum atomic E-state index is -0.0385. The van der Waals surface area contributed by atoms with Crippen molar-refractivity contribution in [3.63, 3.8) is 0 Å². The lowest BCUT2D eigenvalue weighted by Gasteiger charge is -2.20. The molecule has 1 unspecified atom stereocenters. The van der Waals surface area contributed by atoms with Gasteiger partial charge < -0.3 is 15.2 Å². The Hall–Kier alpha value is -2.33. The molecule has 4 heteroatoms. The first-order valence-electron chi connectivity index (χ1n) is 9.22. The van der Waals surface area contributed by atoms with Crippen molar-refractivity contribution in [3.05, 3.63) is 65.7 Å². The van der Waals surface area contributed by atoms with Crippen molar-refractivity contribution in [2.75, 3.05) is 13.2 Å². The van der Waals surface area contributed by atoms with Crippen molar-refractivity contribution >= 4 is 5.91 Å². The summed E-state index contributed by atoms with van der Waals surface area (Å²) in [5.74, 6) is 0.730. The molecule has 0 saturated carbocycles. The summed E-state index contributed by atoms with van der Waals surface area (Å²) >= 11 is 0. The summed E-state index contributed by atoms with van der Waals surface area (Å²) in [4.78, 5) is 12.4. The predicted octanol–water partition coefficient (Wildman–Crippen LogP) is 3.72. The Morgan fingerprint density at radius 3 is 2.35 bits per heavy atom. The quantitative estimate of drug-likeness (QED) is 0.683. The number of phenols is 1. The summed E-state index contributed by atoms with van der Waals surface area (Å²) in [5, 5.41) is 12.4. The van der Waals surface area contributed by atoms with E-state index in [1.807, 2.05) is 30.3 Å². The maximum absolute atomic E-state index is 12.4. The van der Waals surface area contributed by atoms with Gasteiger partial charge in [0.15, 0.2) is 0 Å². The van der Waals surface area contributed by atoms with E-state index in [2.05, 4.69) is 31.3 Å². The lowest BCUT2D eigenvalue weighted by atomic mass is 10.1. The minimum absolute atomic E-state index is 0.0205. The van der Waals surface area contributed by atoms with E-state index in [1.54, 1.807) is 12.1 Å². The molecule has 0 heterocycles. The summed E-state index contributed by atoms with van der Waals surface area (Å²) in [6, 6.07) is 17.1. The van der Waals surface area contributed by atoms with Gasteiger partial charge in [-0.05, 0) is 42.0 Å². The van der Waals surface area contributed by atoms with Crippen molar-refractivity contribution in [1.82, 2.24) is 5.32 Å². The predicted molar refractivity (Wildman–Crippen MR) is 104 cm³/mol. The lowest BCUT2D eigenvalue weighted by molar-refractivity contribution is -0.122. The second-order valence-corrected chi connectivity index (χ2v) is 7.05. The zero-order valence-corrected chi connectivity index (χ0v) is 15.7. The molecule has 2 aromatic carbocycles. The first kappa shape index (κ1) is 20.0. The summed E-state index contributed by atoms with van der Waals surface area (Å²) < 4.78 is 5.76. The van der Waals surface area contributed by atoms with Crippen molar-refractivity contribution in [1.29, 1.82) is 0 Å². The number of carbonyl (C=O) groups is 1. The highest BCUT2D eigenvalue weighted by molar-refractivity contribution is 5.76. The molecular weight excluding hydrogens is 326 g/mol. The van der Waals surface area contributed by atoms with E-state index < -0.39 is 0 Å². The Kier molecular flexibility index (Phi) is 8.16. The average molecular weight is 355 g/mol. The number of amides is 1. The second kappa shape index (κ2) is 10.6. The summed E-state index contributed by atoms with van der Waals surface area (Å²) in [5.41, 5.74) is 2.22.